The summed E-state index contributed by atoms with van der Waals surface area (Å²) in [4.78, 5) is 52.8. The topological polar surface area (TPSA) is 216 Å². The van der Waals surface area contributed by atoms with E-state index in [4.69, 9.17) is 23.8 Å². The third-order valence-corrected chi connectivity index (χ3v) is 10.8. The van der Waals surface area contributed by atoms with E-state index in [1.807, 2.05) is 12.2 Å². The SMILES string of the molecule is CC/C=C\C/C=C\C/C=C\C/C=C\C/C=C\C=C/C(O)CCC(=O)OC[C@H](COP(=O)(O)OC[C@@H](O)COP(=O)(O)O)OC(=O)CCCCCCCCC/C=C\CCCCCCCC. The molecule has 64 heavy (non-hydrogen) atoms. The fraction of sp³-hybridized carbons (Fsp3) is 0.667. The van der Waals surface area contributed by atoms with Crippen LogP contribution in [0.3, 0.4) is 0 Å². The summed E-state index contributed by atoms with van der Waals surface area (Å²) in [6.07, 6.45) is 46.1. The average Bonchev–Trinajstić information content (AvgIpc) is 3.25. The fourth-order valence-corrected chi connectivity index (χ4v) is 6.96. The molecule has 14 nitrogen and oxygen atoms in total. The van der Waals surface area contributed by atoms with E-state index in [2.05, 4.69) is 77.6 Å². The summed E-state index contributed by atoms with van der Waals surface area (Å²) >= 11 is 0. The molecule has 0 aromatic heterocycles. The van der Waals surface area contributed by atoms with E-state index >= 15 is 0 Å². The Morgan fingerprint density at radius 1 is 0.531 bits per heavy atom. The number of aliphatic hydroxyl groups is 2. The van der Waals surface area contributed by atoms with Gasteiger partial charge in [0.15, 0.2) is 6.10 Å². The lowest BCUT2D eigenvalue weighted by Gasteiger charge is -2.20. The quantitative estimate of drug-likeness (QED) is 0.0126. The lowest BCUT2D eigenvalue weighted by Crippen LogP contribution is -2.30. The molecule has 0 saturated carbocycles. The van der Waals surface area contributed by atoms with Crippen molar-refractivity contribution in [3.63, 3.8) is 0 Å². The zero-order valence-electron chi connectivity index (χ0n) is 38.7. The van der Waals surface area contributed by atoms with Crippen LogP contribution in [0.4, 0.5) is 0 Å². The zero-order valence-corrected chi connectivity index (χ0v) is 40.5. The lowest BCUT2D eigenvalue weighted by molar-refractivity contribution is -0.161. The molecule has 0 aliphatic heterocycles. The molecular weight excluding hydrogens is 862 g/mol. The van der Waals surface area contributed by atoms with Crippen LogP contribution >= 0.6 is 15.6 Å². The molecule has 2 unspecified atom stereocenters. The third-order valence-electron chi connectivity index (χ3n) is 9.38. The Hall–Kier alpha value is -2.74. The van der Waals surface area contributed by atoms with Crippen LogP contribution in [0.1, 0.15) is 162 Å². The van der Waals surface area contributed by atoms with Crippen molar-refractivity contribution in [1.29, 1.82) is 0 Å². The minimum atomic E-state index is -4.89. The molecule has 0 heterocycles. The minimum Gasteiger partial charge on any atom is -0.462 e. The van der Waals surface area contributed by atoms with Crippen LogP contribution < -0.4 is 0 Å². The summed E-state index contributed by atoms with van der Waals surface area (Å²) in [5.74, 6) is -1.32. The molecule has 0 aliphatic rings. The van der Waals surface area contributed by atoms with E-state index < -0.39 is 72.3 Å². The highest BCUT2D eigenvalue weighted by atomic mass is 31.2. The van der Waals surface area contributed by atoms with Crippen LogP contribution in [-0.4, -0.2) is 81.6 Å². The number of aliphatic hydroxyl groups excluding tert-OH is 2. The predicted octanol–water partition coefficient (Wildman–Crippen LogP) is 11.3. The van der Waals surface area contributed by atoms with Crippen molar-refractivity contribution in [2.24, 2.45) is 0 Å². The Bertz CT molecular complexity index is 1470. The van der Waals surface area contributed by atoms with E-state index in [-0.39, 0.29) is 19.3 Å². The van der Waals surface area contributed by atoms with Crippen molar-refractivity contribution < 1.29 is 66.7 Å². The maximum absolute atomic E-state index is 12.7. The number of carbonyl (C=O) groups excluding carboxylic acids is 2. The number of hydrogen-bond acceptors (Lipinski definition) is 11. The Balaban J connectivity index is 4.71. The highest BCUT2D eigenvalue weighted by Gasteiger charge is 2.28. The molecule has 0 aliphatic carbocycles. The molecule has 0 aromatic carbocycles. The predicted molar refractivity (Wildman–Crippen MR) is 254 cm³/mol. The van der Waals surface area contributed by atoms with Gasteiger partial charge in [-0.05, 0) is 70.6 Å². The van der Waals surface area contributed by atoms with Crippen molar-refractivity contribution in [1.82, 2.24) is 0 Å². The normalized spacial score (nSPS) is 15.2. The Kier molecular flexibility index (Phi) is 41.0. The second kappa shape index (κ2) is 42.9. The van der Waals surface area contributed by atoms with Gasteiger partial charge in [-0.2, -0.15) is 0 Å². The Labute approximate surface area is 384 Å². The molecule has 0 bridgehead atoms. The van der Waals surface area contributed by atoms with Gasteiger partial charge in [0.2, 0.25) is 0 Å². The van der Waals surface area contributed by atoms with Gasteiger partial charge < -0.3 is 34.4 Å². The number of unbranched alkanes of at least 4 members (excludes halogenated alkanes) is 13. The molecule has 0 rings (SSSR count). The molecule has 0 amide bonds. The van der Waals surface area contributed by atoms with E-state index in [1.54, 1.807) is 18.2 Å². The van der Waals surface area contributed by atoms with Gasteiger partial charge >= 0.3 is 27.6 Å². The van der Waals surface area contributed by atoms with Crippen molar-refractivity contribution in [2.45, 2.75) is 180 Å². The smallest absolute Gasteiger partial charge is 0.462 e. The summed E-state index contributed by atoms with van der Waals surface area (Å²) in [6.45, 7) is 1.37. The molecule has 0 aromatic rings. The first kappa shape index (κ1) is 61.3. The minimum absolute atomic E-state index is 0.0606. The number of rotatable bonds is 43. The number of phosphoric acid groups is 2. The number of allylic oxidation sites excluding steroid dienone is 13. The van der Waals surface area contributed by atoms with Gasteiger partial charge in [-0.3, -0.25) is 23.2 Å². The standard InChI is InChI=1S/C48H82O14P2/c1-3-5-7-9-11-13-15-17-19-21-23-25-27-29-31-33-35-37-48(52)62-46(43-61-64(56,57)60-41-45(50)40-59-63(53,54)55)42-58-47(51)39-38-44(49)36-34-32-30-28-26-24-22-20-18-16-14-12-10-8-6-4-2/h6,8,12,14,17-20,24,26,30,32,34,36,44-46,49-50H,3-5,7,9-11,13,15-16,21-23,25,27-29,31,33,35,37-43H2,1-2H3,(H,56,57)(H2,53,54,55)/b8-6-,14-12-,19-17-,20-18-,26-24-,32-30-,36-34-/t44?,45-,46+/m0/s1. The molecule has 0 spiro atoms. The molecule has 0 saturated heterocycles. The van der Waals surface area contributed by atoms with Gasteiger partial charge in [0.25, 0.3) is 0 Å². The van der Waals surface area contributed by atoms with Crippen molar-refractivity contribution in [2.75, 3.05) is 26.4 Å². The summed E-state index contributed by atoms with van der Waals surface area (Å²) in [6, 6.07) is 0. The number of esters is 2. The van der Waals surface area contributed by atoms with E-state index in [9.17, 15) is 33.8 Å². The zero-order chi connectivity index (χ0) is 47.4. The molecular formula is C48H82O14P2. The van der Waals surface area contributed by atoms with E-state index in [0.29, 0.717) is 6.42 Å². The average molecular weight is 945 g/mol. The molecule has 16 heteroatoms. The maximum atomic E-state index is 12.7. The maximum Gasteiger partial charge on any atom is 0.472 e. The van der Waals surface area contributed by atoms with Crippen LogP contribution in [-0.2, 0) is 41.8 Å². The second-order valence-corrected chi connectivity index (χ2v) is 18.2. The van der Waals surface area contributed by atoms with Gasteiger partial charge in [-0.1, -0.05) is 163 Å². The summed E-state index contributed by atoms with van der Waals surface area (Å²) < 4.78 is 47.7. The van der Waals surface area contributed by atoms with Crippen molar-refractivity contribution >= 4 is 27.6 Å². The van der Waals surface area contributed by atoms with Crippen LogP contribution in [0.2, 0.25) is 0 Å². The van der Waals surface area contributed by atoms with Gasteiger partial charge in [0.1, 0.15) is 12.7 Å². The molecule has 0 fully saturated rings. The monoisotopic (exact) mass is 945 g/mol. The molecule has 0 radical (unpaired) electrons. The van der Waals surface area contributed by atoms with Crippen LogP contribution in [0.25, 0.3) is 0 Å². The van der Waals surface area contributed by atoms with Crippen molar-refractivity contribution in [3.05, 3.63) is 85.1 Å². The largest absolute Gasteiger partial charge is 0.472 e. The first-order valence-electron chi connectivity index (χ1n) is 23.4. The Morgan fingerprint density at radius 3 is 1.59 bits per heavy atom. The molecule has 4 atom stereocenters. The van der Waals surface area contributed by atoms with Gasteiger partial charge in [0, 0.05) is 12.8 Å². The van der Waals surface area contributed by atoms with Crippen molar-refractivity contribution in [3.8, 4) is 0 Å². The first-order chi connectivity index (χ1) is 30.8. The summed E-state index contributed by atoms with van der Waals surface area (Å²) in [5, 5.41) is 20.1. The highest BCUT2D eigenvalue weighted by molar-refractivity contribution is 7.47. The van der Waals surface area contributed by atoms with E-state index in [1.165, 1.54) is 38.5 Å². The lowest BCUT2D eigenvalue weighted by atomic mass is 10.1. The highest BCUT2D eigenvalue weighted by Crippen LogP contribution is 2.43. The van der Waals surface area contributed by atoms with Gasteiger partial charge in [-0.25, -0.2) is 9.13 Å². The second-order valence-electron chi connectivity index (χ2n) is 15.5. The van der Waals surface area contributed by atoms with Crippen LogP contribution in [0.5, 0.6) is 0 Å². The van der Waals surface area contributed by atoms with Crippen LogP contribution in [0, 0.1) is 0 Å². The first-order valence-corrected chi connectivity index (χ1v) is 26.4. The van der Waals surface area contributed by atoms with Gasteiger partial charge in [0.05, 0.1) is 25.9 Å². The fourth-order valence-electron chi connectivity index (χ4n) is 5.80. The third kappa shape index (κ3) is 45.8. The number of phosphoric ester groups is 2. The van der Waals surface area contributed by atoms with E-state index in [0.717, 1.165) is 83.5 Å². The molecule has 5 N–H and O–H groups in total. The number of ether oxygens (including phenoxy) is 2. The molecule has 368 valence electrons. The van der Waals surface area contributed by atoms with Crippen LogP contribution in [0.15, 0.2) is 85.1 Å². The summed E-state index contributed by atoms with van der Waals surface area (Å²) in [7, 11) is -9.76. The Morgan fingerprint density at radius 2 is 1.03 bits per heavy atom. The number of hydrogen-bond donors (Lipinski definition) is 5. The summed E-state index contributed by atoms with van der Waals surface area (Å²) in [5.41, 5.74) is 0. The number of carbonyl (C=O) groups is 2. The van der Waals surface area contributed by atoms with Gasteiger partial charge in [-0.15, -0.1) is 0 Å².